The van der Waals surface area contributed by atoms with Gasteiger partial charge >= 0.3 is 41.4 Å². The van der Waals surface area contributed by atoms with Crippen LogP contribution in [0.5, 0.6) is 0 Å². The maximum atomic E-state index is 13.3. The molecule has 2 nitrogen and oxygen atoms in total. The smallest absolute Gasteiger partial charge is 0.262 e. The molecule has 0 saturated carbocycles. The van der Waals surface area contributed by atoms with Crippen LogP contribution in [-0.4, -0.2) is 41.4 Å². The van der Waals surface area contributed by atoms with Gasteiger partial charge in [0.25, 0.3) is 0 Å². The van der Waals surface area contributed by atoms with Gasteiger partial charge in [-0.25, -0.2) is 4.74 Å². The monoisotopic (exact) mass is 480 g/mol. The third kappa shape index (κ3) is 4.75. The van der Waals surface area contributed by atoms with Crippen molar-refractivity contribution in [3.63, 3.8) is 0 Å². The summed E-state index contributed by atoms with van der Waals surface area (Å²) < 4.78 is 188. The van der Waals surface area contributed by atoms with Crippen molar-refractivity contribution in [1.82, 2.24) is 0 Å². The van der Waals surface area contributed by atoms with Crippen LogP contribution in [0, 0.1) is 0 Å². The molecular formula is C7BrF15O2. The maximum absolute atomic E-state index is 13.3. The van der Waals surface area contributed by atoms with Crippen LogP contribution >= 0.6 is 15.9 Å². The molecule has 18 heteroatoms. The third-order valence-electron chi connectivity index (χ3n) is 1.92. The minimum atomic E-state index is -7.56. The van der Waals surface area contributed by atoms with E-state index in [1.165, 1.54) is 4.74 Å². The average molecular weight is 481 g/mol. The lowest BCUT2D eigenvalue weighted by atomic mass is 10.2. The first-order valence-electron chi connectivity index (χ1n) is 4.84. The first kappa shape index (κ1) is 24.3. The van der Waals surface area contributed by atoms with Crippen LogP contribution in [0.15, 0.2) is 0 Å². The summed E-state index contributed by atoms with van der Waals surface area (Å²) in [5.74, 6) is -7.55. The molecular weight excluding hydrogens is 481 g/mol. The SMILES string of the molecule is FC(F)(F)C(F)(F)OC(F)(F)[C@](F)(OC(F)(F)C(F)(F)Br)C(F)(F)F. The van der Waals surface area contributed by atoms with Crippen LogP contribution in [0.3, 0.4) is 0 Å². The van der Waals surface area contributed by atoms with Gasteiger partial charge in [-0.15, -0.1) is 0 Å². The van der Waals surface area contributed by atoms with Gasteiger partial charge < -0.3 is 0 Å². The molecule has 0 fully saturated rings. The Morgan fingerprint density at radius 2 is 0.800 bits per heavy atom. The van der Waals surface area contributed by atoms with Crippen molar-refractivity contribution in [2.45, 2.75) is 41.4 Å². The zero-order chi connectivity index (χ0) is 20.9. The molecule has 0 N–H and O–H groups in total. The molecule has 1 atom stereocenters. The van der Waals surface area contributed by atoms with Crippen LogP contribution < -0.4 is 0 Å². The van der Waals surface area contributed by atoms with Crippen LogP contribution in [-0.2, 0) is 9.47 Å². The van der Waals surface area contributed by atoms with Crippen molar-refractivity contribution >= 4 is 15.9 Å². The third-order valence-corrected chi connectivity index (χ3v) is 2.39. The van der Waals surface area contributed by atoms with Crippen LogP contribution in [0.25, 0.3) is 0 Å². The Kier molecular flexibility index (Phi) is 6.05. The van der Waals surface area contributed by atoms with Crippen LogP contribution in [0.2, 0.25) is 0 Å². The summed E-state index contributed by atoms with van der Waals surface area (Å²) in [7, 11) is 0. The summed E-state index contributed by atoms with van der Waals surface area (Å²) in [4.78, 5) is -5.98. The highest BCUT2D eigenvalue weighted by molar-refractivity contribution is 9.10. The molecule has 0 aromatic carbocycles. The molecule has 0 aliphatic carbocycles. The van der Waals surface area contributed by atoms with E-state index in [-0.39, 0.29) is 0 Å². The summed E-state index contributed by atoms with van der Waals surface area (Å²) in [6, 6.07) is 0. The van der Waals surface area contributed by atoms with Crippen molar-refractivity contribution in [2.75, 3.05) is 0 Å². The lowest BCUT2D eigenvalue weighted by Crippen LogP contribution is -2.64. The number of ether oxygens (including phenoxy) is 2. The number of hydrogen-bond acceptors (Lipinski definition) is 2. The first-order valence-corrected chi connectivity index (χ1v) is 5.63. The molecule has 0 bridgehead atoms. The first-order chi connectivity index (χ1) is 10.4. The van der Waals surface area contributed by atoms with Crippen molar-refractivity contribution in [3.8, 4) is 0 Å². The van der Waals surface area contributed by atoms with Gasteiger partial charge in [0.2, 0.25) is 0 Å². The van der Waals surface area contributed by atoms with Crippen molar-refractivity contribution in [1.29, 1.82) is 0 Å². The standard InChI is InChI=1S/C7BrF15O2/c8-2(10,11)6(20,21)24-1(9,3(12,13)14)5(18,19)25-7(22,23)4(15,16)17/t1-/m1/s1. The van der Waals surface area contributed by atoms with E-state index in [4.69, 9.17) is 0 Å². The predicted molar refractivity (Wildman–Crippen MR) is 46.8 cm³/mol. The van der Waals surface area contributed by atoms with Gasteiger partial charge in [-0.05, 0) is 0 Å². The van der Waals surface area contributed by atoms with Gasteiger partial charge in [0.1, 0.15) is 0 Å². The van der Waals surface area contributed by atoms with E-state index in [9.17, 15) is 65.9 Å². The van der Waals surface area contributed by atoms with E-state index in [0.29, 0.717) is 15.9 Å². The number of rotatable bonds is 6. The molecule has 0 unspecified atom stereocenters. The lowest BCUT2D eigenvalue weighted by Gasteiger charge is -2.38. The minimum Gasteiger partial charge on any atom is -0.262 e. The van der Waals surface area contributed by atoms with Gasteiger partial charge in [0, 0.05) is 15.9 Å². The second-order valence-corrected chi connectivity index (χ2v) is 4.84. The highest BCUT2D eigenvalue weighted by Gasteiger charge is 2.82. The summed E-state index contributed by atoms with van der Waals surface area (Å²) in [6.07, 6.45) is -36.3. The molecule has 152 valence electrons. The second-order valence-electron chi connectivity index (χ2n) is 3.84. The minimum absolute atomic E-state index is 0.623. The van der Waals surface area contributed by atoms with Gasteiger partial charge in [-0.3, -0.25) is 4.74 Å². The molecule has 0 spiro atoms. The topological polar surface area (TPSA) is 18.5 Å². The Morgan fingerprint density at radius 1 is 0.440 bits per heavy atom. The maximum Gasteiger partial charge on any atom is 0.483 e. The molecule has 0 aromatic rings. The summed E-state index contributed by atoms with van der Waals surface area (Å²) >= 11 is 0.623. The zero-order valence-electron chi connectivity index (χ0n) is 10.4. The Labute approximate surface area is 134 Å². The predicted octanol–water partition coefficient (Wildman–Crippen LogP) is 5.58. The fraction of sp³-hybridized carbons (Fsp3) is 1.00. The highest BCUT2D eigenvalue weighted by Crippen LogP contribution is 2.55. The van der Waals surface area contributed by atoms with Crippen molar-refractivity contribution in [2.24, 2.45) is 0 Å². The Balaban J connectivity index is 6.13. The van der Waals surface area contributed by atoms with E-state index in [2.05, 4.69) is 0 Å². The van der Waals surface area contributed by atoms with Gasteiger partial charge in [-0.1, -0.05) is 0 Å². The quantitative estimate of drug-likeness (QED) is 0.365. The molecule has 0 aliphatic heterocycles. The van der Waals surface area contributed by atoms with E-state index >= 15 is 0 Å². The molecule has 0 amide bonds. The summed E-state index contributed by atoms with van der Waals surface area (Å²) in [5.41, 5.74) is 0. The molecule has 0 heterocycles. The van der Waals surface area contributed by atoms with E-state index < -0.39 is 41.4 Å². The molecule has 0 saturated heterocycles. The summed E-state index contributed by atoms with van der Waals surface area (Å²) in [6.45, 7) is 0. The van der Waals surface area contributed by atoms with Gasteiger partial charge in [0.15, 0.2) is 0 Å². The average Bonchev–Trinajstić information content (AvgIpc) is 2.21. The molecule has 0 rings (SSSR count). The van der Waals surface area contributed by atoms with E-state index in [1.54, 1.807) is 4.74 Å². The zero-order valence-corrected chi connectivity index (χ0v) is 11.9. The molecule has 25 heavy (non-hydrogen) atoms. The van der Waals surface area contributed by atoms with Crippen LogP contribution in [0.4, 0.5) is 65.9 Å². The second kappa shape index (κ2) is 6.21. The molecule has 0 aliphatic rings. The van der Waals surface area contributed by atoms with Gasteiger partial charge in [0.05, 0.1) is 0 Å². The fourth-order valence-electron chi connectivity index (χ4n) is 0.801. The summed E-state index contributed by atoms with van der Waals surface area (Å²) in [5, 5.41) is 0. The Hall–Kier alpha value is -0.650. The van der Waals surface area contributed by atoms with Gasteiger partial charge in [-0.2, -0.15) is 65.9 Å². The van der Waals surface area contributed by atoms with E-state index in [1.807, 2.05) is 0 Å². The van der Waals surface area contributed by atoms with Crippen LogP contribution in [0.1, 0.15) is 0 Å². The highest BCUT2D eigenvalue weighted by atomic mass is 79.9. The number of alkyl halides is 16. The van der Waals surface area contributed by atoms with Crippen molar-refractivity contribution in [3.05, 3.63) is 0 Å². The number of hydrogen-bond donors (Lipinski definition) is 0. The molecule has 0 radical (unpaired) electrons. The lowest BCUT2D eigenvalue weighted by molar-refractivity contribution is -0.551. The largest absolute Gasteiger partial charge is 0.483 e. The number of halogens is 16. The van der Waals surface area contributed by atoms with E-state index in [0.717, 1.165) is 0 Å². The fourth-order valence-corrected chi connectivity index (χ4v) is 0.882. The normalized spacial score (nSPS) is 18.2. The van der Waals surface area contributed by atoms with Crippen molar-refractivity contribution < 1.29 is 75.3 Å². The Bertz CT molecular complexity index is 476. The Morgan fingerprint density at radius 3 is 1.04 bits per heavy atom. The molecule has 0 aromatic heterocycles.